The first kappa shape index (κ1) is 12.5. The molecular weight excluding hydrogens is 236 g/mol. The van der Waals surface area contributed by atoms with Crippen LogP contribution in [-0.2, 0) is 16.0 Å². The van der Waals surface area contributed by atoms with Crippen molar-refractivity contribution in [3.63, 3.8) is 0 Å². The van der Waals surface area contributed by atoms with Crippen LogP contribution in [0.4, 0.5) is 0 Å². The summed E-state index contributed by atoms with van der Waals surface area (Å²) in [4.78, 5) is 18.2. The summed E-state index contributed by atoms with van der Waals surface area (Å²) in [5.74, 6) is 0.588. The number of thiazole rings is 1. The molecule has 5 heteroatoms. The highest BCUT2D eigenvalue weighted by Gasteiger charge is 2.30. The Balaban J connectivity index is 1.86. The molecule has 1 aliphatic rings. The number of hydrogen-bond donors (Lipinski definition) is 0. The van der Waals surface area contributed by atoms with Crippen LogP contribution in [0.15, 0.2) is 5.38 Å². The van der Waals surface area contributed by atoms with E-state index in [2.05, 4.69) is 18.8 Å². The summed E-state index contributed by atoms with van der Waals surface area (Å²) in [6, 6.07) is 0. The molecule has 1 saturated heterocycles. The van der Waals surface area contributed by atoms with Crippen LogP contribution >= 0.6 is 11.3 Å². The maximum atomic E-state index is 11.9. The van der Waals surface area contributed by atoms with Gasteiger partial charge >= 0.3 is 0 Å². The van der Waals surface area contributed by atoms with Gasteiger partial charge in [0, 0.05) is 31.5 Å². The lowest BCUT2D eigenvalue weighted by molar-refractivity contribution is -0.142. The van der Waals surface area contributed by atoms with Gasteiger partial charge in [0.25, 0.3) is 0 Å². The summed E-state index contributed by atoms with van der Waals surface area (Å²) in [6.07, 6.45) is 0.639. The first-order valence-electron chi connectivity index (χ1n) is 5.85. The van der Waals surface area contributed by atoms with Crippen molar-refractivity contribution < 1.29 is 9.53 Å². The van der Waals surface area contributed by atoms with Crippen molar-refractivity contribution in [1.29, 1.82) is 0 Å². The molecule has 0 spiro atoms. The Bertz CT molecular complexity index is 397. The number of amides is 1. The van der Waals surface area contributed by atoms with E-state index in [0.717, 1.165) is 23.8 Å². The minimum Gasteiger partial charge on any atom is -0.378 e. The molecule has 1 aromatic rings. The number of aromatic nitrogens is 1. The molecule has 0 N–H and O–H groups in total. The molecule has 1 amide bonds. The summed E-state index contributed by atoms with van der Waals surface area (Å²) in [5, 5.41) is 3.09. The Kier molecular flexibility index (Phi) is 3.79. The number of carbonyl (C=O) groups excluding carboxylic acids is 1. The minimum atomic E-state index is 0.152. The Morgan fingerprint density at radius 1 is 1.65 bits per heavy atom. The van der Waals surface area contributed by atoms with E-state index in [1.807, 2.05) is 10.3 Å². The molecule has 2 rings (SSSR count). The molecule has 4 nitrogen and oxygen atoms in total. The van der Waals surface area contributed by atoms with E-state index >= 15 is 0 Å². The van der Waals surface area contributed by atoms with Crippen LogP contribution in [0.1, 0.15) is 30.5 Å². The molecule has 1 aromatic heterocycles. The van der Waals surface area contributed by atoms with Crippen LogP contribution < -0.4 is 0 Å². The molecule has 0 atom stereocenters. The van der Waals surface area contributed by atoms with E-state index in [-0.39, 0.29) is 12.0 Å². The lowest BCUT2D eigenvalue weighted by Gasteiger charge is -2.38. The normalized spacial score (nSPS) is 16.4. The Morgan fingerprint density at radius 3 is 2.88 bits per heavy atom. The van der Waals surface area contributed by atoms with Crippen LogP contribution in [-0.4, -0.2) is 42.1 Å². The molecule has 0 bridgehead atoms. The van der Waals surface area contributed by atoms with Gasteiger partial charge in [0.1, 0.15) is 0 Å². The van der Waals surface area contributed by atoms with Crippen molar-refractivity contribution >= 4 is 17.2 Å². The highest BCUT2D eigenvalue weighted by Crippen LogP contribution is 2.20. The van der Waals surface area contributed by atoms with Crippen LogP contribution in [0.25, 0.3) is 0 Å². The van der Waals surface area contributed by atoms with Crippen molar-refractivity contribution in [3.05, 3.63) is 16.1 Å². The number of hydrogen-bond acceptors (Lipinski definition) is 4. The third-order valence-corrected chi connectivity index (χ3v) is 4.12. The molecular formula is C12H18N2O2S. The number of methoxy groups -OCH3 is 1. The first-order chi connectivity index (χ1) is 8.10. The predicted octanol–water partition coefficient (Wildman–Crippen LogP) is 1.67. The van der Waals surface area contributed by atoms with Crippen molar-refractivity contribution in [2.75, 3.05) is 20.2 Å². The lowest BCUT2D eigenvalue weighted by Crippen LogP contribution is -2.54. The van der Waals surface area contributed by atoms with Gasteiger partial charge in [-0.1, -0.05) is 13.8 Å². The van der Waals surface area contributed by atoms with Crippen LogP contribution in [0.5, 0.6) is 0 Å². The fraction of sp³-hybridized carbons (Fsp3) is 0.667. The van der Waals surface area contributed by atoms with E-state index in [9.17, 15) is 4.79 Å². The van der Waals surface area contributed by atoms with Crippen molar-refractivity contribution in [3.8, 4) is 0 Å². The highest BCUT2D eigenvalue weighted by molar-refractivity contribution is 7.09. The standard InChI is InChI=1S/C12H18N2O2S/c1-8(2)12-13-9(7-17-12)4-11(15)14-5-10(6-14)16-3/h7-8,10H,4-6H2,1-3H3. The van der Waals surface area contributed by atoms with Crippen molar-refractivity contribution in [2.45, 2.75) is 32.3 Å². The van der Waals surface area contributed by atoms with Gasteiger partial charge in [0.05, 0.1) is 23.2 Å². The number of nitrogens with zero attached hydrogens (tertiary/aromatic N) is 2. The molecule has 0 radical (unpaired) electrons. The number of rotatable bonds is 4. The summed E-state index contributed by atoms with van der Waals surface area (Å²) in [5.41, 5.74) is 0.893. The van der Waals surface area contributed by atoms with Gasteiger partial charge in [-0.05, 0) is 0 Å². The largest absolute Gasteiger partial charge is 0.378 e. The zero-order valence-corrected chi connectivity index (χ0v) is 11.3. The second kappa shape index (κ2) is 5.14. The molecule has 0 aromatic carbocycles. The predicted molar refractivity (Wildman–Crippen MR) is 67.3 cm³/mol. The average Bonchev–Trinajstić information content (AvgIpc) is 2.64. The highest BCUT2D eigenvalue weighted by atomic mass is 32.1. The lowest BCUT2D eigenvalue weighted by atomic mass is 10.1. The van der Waals surface area contributed by atoms with Crippen LogP contribution in [0.2, 0.25) is 0 Å². The molecule has 2 heterocycles. The smallest absolute Gasteiger partial charge is 0.228 e. The second-order valence-corrected chi connectivity index (χ2v) is 5.55. The zero-order chi connectivity index (χ0) is 12.4. The van der Waals surface area contributed by atoms with Gasteiger partial charge in [0.2, 0.25) is 5.91 Å². The van der Waals surface area contributed by atoms with E-state index < -0.39 is 0 Å². The zero-order valence-electron chi connectivity index (χ0n) is 10.5. The van der Waals surface area contributed by atoms with E-state index in [1.165, 1.54) is 0 Å². The molecule has 17 heavy (non-hydrogen) atoms. The second-order valence-electron chi connectivity index (χ2n) is 4.66. The van der Waals surface area contributed by atoms with Crippen molar-refractivity contribution in [1.82, 2.24) is 9.88 Å². The third-order valence-electron chi connectivity index (χ3n) is 2.93. The van der Waals surface area contributed by atoms with E-state index in [0.29, 0.717) is 12.3 Å². The van der Waals surface area contributed by atoms with Gasteiger partial charge in [-0.15, -0.1) is 11.3 Å². The molecule has 94 valence electrons. The number of carbonyl (C=O) groups is 1. The van der Waals surface area contributed by atoms with E-state index in [4.69, 9.17) is 4.74 Å². The molecule has 0 unspecified atom stereocenters. The summed E-state index contributed by atoms with van der Waals surface area (Å²) >= 11 is 1.64. The monoisotopic (exact) mass is 254 g/mol. The average molecular weight is 254 g/mol. The molecule has 0 aliphatic carbocycles. The maximum absolute atomic E-state index is 11.9. The Morgan fingerprint density at radius 2 is 2.35 bits per heavy atom. The molecule has 1 aliphatic heterocycles. The topological polar surface area (TPSA) is 42.4 Å². The van der Waals surface area contributed by atoms with Gasteiger partial charge in [0.15, 0.2) is 0 Å². The van der Waals surface area contributed by atoms with Crippen LogP contribution in [0, 0.1) is 0 Å². The Labute approximate surface area is 106 Å². The summed E-state index contributed by atoms with van der Waals surface area (Å²) < 4.78 is 5.14. The fourth-order valence-corrected chi connectivity index (χ4v) is 2.56. The minimum absolute atomic E-state index is 0.152. The van der Waals surface area contributed by atoms with Gasteiger partial charge < -0.3 is 9.64 Å². The Hall–Kier alpha value is -0.940. The number of likely N-dealkylation sites (tertiary alicyclic amines) is 1. The maximum Gasteiger partial charge on any atom is 0.228 e. The fourth-order valence-electron chi connectivity index (χ4n) is 1.73. The van der Waals surface area contributed by atoms with E-state index in [1.54, 1.807) is 18.4 Å². The summed E-state index contributed by atoms with van der Waals surface area (Å²) in [6.45, 7) is 5.67. The van der Waals surface area contributed by atoms with Gasteiger partial charge in [-0.2, -0.15) is 0 Å². The number of ether oxygens (including phenoxy) is 1. The third kappa shape index (κ3) is 2.84. The molecule has 1 fully saturated rings. The van der Waals surface area contributed by atoms with Gasteiger partial charge in [-0.25, -0.2) is 4.98 Å². The van der Waals surface area contributed by atoms with Gasteiger partial charge in [-0.3, -0.25) is 4.79 Å². The van der Waals surface area contributed by atoms with Crippen molar-refractivity contribution in [2.24, 2.45) is 0 Å². The summed E-state index contributed by atoms with van der Waals surface area (Å²) in [7, 11) is 1.68. The SMILES string of the molecule is COC1CN(C(=O)Cc2csc(C(C)C)n2)C1. The first-order valence-corrected chi connectivity index (χ1v) is 6.73. The quantitative estimate of drug-likeness (QED) is 0.820. The van der Waals surface area contributed by atoms with Crippen LogP contribution in [0.3, 0.4) is 0 Å². The molecule has 0 saturated carbocycles.